The molecule has 210 valence electrons. The van der Waals surface area contributed by atoms with Crippen LogP contribution in [0.2, 0.25) is 0 Å². The fourth-order valence-corrected chi connectivity index (χ4v) is 4.14. The molecule has 0 bridgehead atoms. The lowest BCUT2D eigenvalue weighted by Gasteiger charge is -2.19. The van der Waals surface area contributed by atoms with Crippen molar-refractivity contribution in [3.8, 4) is 28.4 Å². The summed E-state index contributed by atoms with van der Waals surface area (Å²) >= 11 is 0. The fourth-order valence-electron chi connectivity index (χ4n) is 4.14. The molecule has 4 aromatic rings. The van der Waals surface area contributed by atoms with Gasteiger partial charge in [-0.15, -0.1) is 0 Å². The van der Waals surface area contributed by atoms with Crippen LogP contribution in [-0.4, -0.2) is 85.7 Å². The number of hydrogen-bond donors (Lipinski definition) is 1. The monoisotopic (exact) mass is 545 g/mol. The van der Waals surface area contributed by atoms with E-state index in [1.54, 1.807) is 43.0 Å². The van der Waals surface area contributed by atoms with Gasteiger partial charge in [0, 0.05) is 50.2 Å². The fraction of sp³-hybridized carbons (Fsp3) is 0.310. The van der Waals surface area contributed by atoms with E-state index in [-0.39, 0.29) is 5.91 Å². The Bertz CT molecular complexity index is 1530. The van der Waals surface area contributed by atoms with Crippen LogP contribution >= 0.6 is 0 Å². The number of ether oxygens (including phenoxy) is 3. The molecule has 0 saturated carbocycles. The van der Waals surface area contributed by atoms with E-state index in [0.29, 0.717) is 59.4 Å². The third-order valence-corrected chi connectivity index (χ3v) is 6.30. The summed E-state index contributed by atoms with van der Waals surface area (Å²) in [5.74, 6) is 1.41. The van der Waals surface area contributed by atoms with Gasteiger partial charge in [0.15, 0.2) is 5.65 Å². The number of amides is 1. The van der Waals surface area contributed by atoms with Crippen molar-refractivity contribution in [1.82, 2.24) is 24.6 Å². The molecule has 2 N–H and O–H groups in total. The van der Waals surface area contributed by atoms with Crippen LogP contribution in [-0.2, 0) is 9.53 Å². The highest BCUT2D eigenvalue weighted by atomic mass is 16.5. The summed E-state index contributed by atoms with van der Waals surface area (Å²) in [4.78, 5) is 25.2. The van der Waals surface area contributed by atoms with Crippen molar-refractivity contribution in [3.05, 3.63) is 60.4 Å². The number of anilines is 2. The standard InChI is InChI=1S/C29H35N7O4/c1-19-9-10-20(14-24(19)39-6)27-26-28(30)31-18-32-29(26)36(33-27)22-15-21(16-23(17-22)40-13-12-38-5)35(4)25(37)8-7-11-34(2)3/h7-10,14-18H,11-13H2,1-6H3,(H2,30,31,32). The quantitative estimate of drug-likeness (QED) is 0.223. The third kappa shape index (κ3) is 6.22. The summed E-state index contributed by atoms with van der Waals surface area (Å²) < 4.78 is 18.3. The molecule has 0 unspecified atom stereocenters. The number of benzene rings is 2. The van der Waals surface area contributed by atoms with Crippen LogP contribution in [0.1, 0.15) is 5.56 Å². The van der Waals surface area contributed by atoms with E-state index < -0.39 is 0 Å². The number of likely N-dealkylation sites (N-methyl/N-ethyl adjacent to an activating group) is 2. The molecule has 4 rings (SSSR count). The maximum atomic E-state index is 13.0. The highest BCUT2D eigenvalue weighted by Crippen LogP contribution is 2.35. The lowest BCUT2D eigenvalue weighted by molar-refractivity contribution is -0.113. The largest absolute Gasteiger partial charge is 0.496 e. The van der Waals surface area contributed by atoms with E-state index in [2.05, 4.69) is 9.97 Å². The second-order valence-corrected chi connectivity index (χ2v) is 9.49. The van der Waals surface area contributed by atoms with E-state index >= 15 is 0 Å². The Hall–Kier alpha value is -4.48. The first-order valence-electron chi connectivity index (χ1n) is 12.7. The Morgan fingerprint density at radius 2 is 1.88 bits per heavy atom. The van der Waals surface area contributed by atoms with Gasteiger partial charge < -0.3 is 29.7 Å². The minimum absolute atomic E-state index is 0.175. The highest BCUT2D eigenvalue weighted by molar-refractivity contribution is 6.02. The number of methoxy groups -OCH3 is 2. The Morgan fingerprint density at radius 3 is 2.60 bits per heavy atom. The molecule has 11 nitrogen and oxygen atoms in total. The molecule has 0 spiro atoms. The molecule has 40 heavy (non-hydrogen) atoms. The SMILES string of the molecule is COCCOc1cc(N(C)C(=O)C=CCN(C)C)cc(-n2nc(-c3ccc(C)c(OC)c3)c3c(N)ncnc32)c1. The summed E-state index contributed by atoms with van der Waals surface area (Å²) in [6.45, 7) is 3.37. The van der Waals surface area contributed by atoms with Gasteiger partial charge in [0.05, 0.1) is 24.8 Å². The molecular formula is C29H35N7O4. The minimum Gasteiger partial charge on any atom is -0.496 e. The summed E-state index contributed by atoms with van der Waals surface area (Å²) in [5, 5.41) is 5.53. The molecule has 0 aliphatic heterocycles. The van der Waals surface area contributed by atoms with Crippen molar-refractivity contribution in [1.29, 1.82) is 0 Å². The van der Waals surface area contributed by atoms with E-state index in [1.807, 2.05) is 62.3 Å². The number of nitrogens with two attached hydrogens (primary N) is 1. The van der Waals surface area contributed by atoms with Crippen molar-refractivity contribution in [2.75, 3.05) is 65.8 Å². The van der Waals surface area contributed by atoms with Crippen molar-refractivity contribution in [3.63, 3.8) is 0 Å². The maximum Gasteiger partial charge on any atom is 0.250 e. The molecule has 0 aliphatic carbocycles. The van der Waals surface area contributed by atoms with Gasteiger partial charge >= 0.3 is 0 Å². The van der Waals surface area contributed by atoms with Crippen LogP contribution in [0.4, 0.5) is 11.5 Å². The third-order valence-electron chi connectivity index (χ3n) is 6.30. The van der Waals surface area contributed by atoms with Gasteiger partial charge in [-0.1, -0.05) is 18.2 Å². The molecule has 2 aromatic heterocycles. The molecular weight excluding hydrogens is 510 g/mol. The number of hydrogen-bond acceptors (Lipinski definition) is 9. The zero-order valence-electron chi connectivity index (χ0n) is 23.7. The zero-order valence-corrected chi connectivity index (χ0v) is 23.7. The molecule has 11 heteroatoms. The van der Waals surface area contributed by atoms with E-state index in [9.17, 15) is 4.79 Å². The number of carbonyl (C=O) groups excluding carboxylic acids is 1. The lowest BCUT2D eigenvalue weighted by Crippen LogP contribution is -2.24. The second kappa shape index (κ2) is 12.6. The predicted molar refractivity (Wildman–Crippen MR) is 156 cm³/mol. The Balaban J connectivity index is 1.85. The van der Waals surface area contributed by atoms with Gasteiger partial charge in [-0.2, -0.15) is 5.10 Å². The number of aryl methyl sites for hydroxylation is 1. The van der Waals surface area contributed by atoms with Crippen LogP contribution in [0.3, 0.4) is 0 Å². The number of nitrogens with zero attached hydrogens (tertiary/aromatic N) is 6. The van der Waals surface area contributed by atoms with Crippen LogP contribution in [0.15, 0.2) is 54.9 Å². The van der Waals surface area contributed by atoms with Gasteiger partial charge in [0.1, 0.15) is 35.9 Å². The normalized spacial score (nSPS) is 11.5. The summed E-state index contributed by atoms with van der Waals surface area (Å²) in [6, 6.07) is 11.3. The van der Waals surface area contributed by atoms with E-state index in [4.69, 9.17) is 25.0 Å². The topological polar surface area (TPSA) is 121 Å². The Kier molecular flexibility index (Phi) is 8.97. The van der Waals surface area contributed by atoms with Crippen LogP contribution in [0.5, 0.6) is 11.5 Å². The first-order chi connectivity index (χ1) is 19.2. The molecule has 1 amide bonds. The summed E-state index contributed by atoms with van der Waals surface area (Å²) in [7, 11) is 8.84. The van der Waals surface area contributed by atoms with Gasteiger partial charge in [-0.3, -0.25) is 4.79 Å². The number of carbonyl (C=O) groups is 1. The molecule has 0 aliphatic rings. The van der Waals surface area contributed by atoms with Crippen molar-refractivity contribution in [2.45, 2.75) is 6.92 Å². The van der Waals surface area contributed by atoms with E-state index in [0.717, 1.165) is 16.9 Å². The number of fused-ring (bicyclic) bond motifs is 1. The first kappa shape index (κ1) is 28.5. The molecule has 0 fully saturated rings. The highest BCUT2D eigenvalue weighted by Gasteiger charge is 2.21. The smallest absolute Gasteiger partial charge is 0.250 e. The number of nitrogen functional groups attached to an aromatic ring is 1. The Labute approximate surface area is 233 Å². The van der Waals surface area contributed by atoms with Crippen molar-refractivity contribution in [2.24, 2.45) is 0 Å². The van der Waals surface area contributed by atoms with Crippen molar-refractivity contribution >= 4 is 28.4 Å². The first-order valence-corrected chi connectivity index (χ1v) is 12.7. The van der Waals surface area contributed by atoms with Crippen LogP contribution in [0.25, 0.3) is 28.0 Å². The molecule has 0 atom stereocenters. The molecule has 0 saturated heterocycles. The minimum atomic E-state index is -0.175. The average molecular weight is 546 g/mol. The summed E-state index contributed by atoms with van der Waals surface area (Å²) in [5.41, 5.74) is 10.5. The lowest BCUT2D eigenvalue weighted by atomic mass is 10.1. The second-order valence-electron chi connectivity index (χ2n) is 9.49. The molecule has 0 radical (unpaired) electrons. The van der Waals surface area contributed by atoms with Gasteiger partial charge in [0.25, 0.3) is 0 Å². The molecule has 2 aromatic carbocycles. The van der Waals surface area contributed by atoms with Gasteiger partial charge in [-0.05, 0) is 38.7 Å². The average Bonchev–Trinajstić information content (AvgIpc) is 3.34. The summed E-state index contributed by atoms with van der Waals surface area (Å²) in [6.07, 6.45) is 4.78. The number of aromatic nitrogens is 4. The predicted octanol–water partition coefficient (Wildman–Crippen LogP) is 3.49. The Morgan fingerprint density at radius 1 is 1.07 bits per heavy atom. The van der Waals surface area contributed by atoms with Gasteiger partial charge in [0.2, 0.25) is 5.91 Å². The van der Waals surface area contributed by atoms with Crippen LogP contribution in [0, 0.1) is 6.92 Å². The van der Waals surface area contributed by atoms with E-state index in [1.165, 1.54) is 6.33 Å². The molecule has 2 heterocycles. The number of rotatable bonds is 11. The van der Waals surface area contributed by atoms with Crippen LogP contribution < -0.4 is 20.1 Å². The maximum absolute atomic E-state index is 13.0. The van der Waals surface area contributed by atoms with Gasteiger partial charge in [-0.25, -0.2) is 14.6 Å². The zero-order chi connectivity index (χ0) is 28.8. The van der Waals surface area contributed by atoms with Crippen molar-refractivity contribution < 1.29 is 19.0 Å².